The molecule has 1 aliphatic rings. The summed E-state index contributed by atoms with van der Waals surface area (Å²) >= 11 is 0. The van der Waals surface area contributed by atoms with E-state index in [-0.39, 0.29) is 0 Å². The second-order valence-electron chi connectivity index (χ2n) is 3.50. The molecule has 1 aromatic rings. The van der Waals surface area contributed by atoms with Crippen LogP contribution in [0.25, 0.3) is 0 Å². The molecule has 0 bridgehead atoms. The maximum Gasteiger partial charge on any atom is 0.149 e. The minimum Gasteiger partial charge on any atom is -0.396 e. The second kappa shape index (κ2) is 3.22. The number of rotatable bonds is 2. The van der Waals surface area contributed by atoms with Crippen LogP contribution in [0, 0.1) is 0 Å². The maximum absolute atomic E-state index is 5.74. The third kappa shape index (κ3) is 1.72. The molecule has 4 nitrogen and oxygen atoms in total. The summed E-state index contributed by atoms with van der Waals surface area (Å²) in [7, 11) is 2.10. The first kappa shape index (κ1) is 8.31. The normalized spacial score (nSPS) is 18.2. The van der Waals surface area contributed by atoms with Gasteiger partial charge in [-0.1, -0.05) is 0 Å². The molecule has 1 aliphatic heterocycles. The van der Waals surface area contributed by atoms with Crippen molar-refractivity contribution >= 4 is 11.5 Å². The average Bonchev–Trinajstić information content (AvgIpc) is 2.06. The number of anilines is 2. The number of nitrogens with one attached hydrogen (secondary N) is 1. The Bertz CT molecular complexity index is 293. The van der Waals surface area contributed by atoms with Gasteiger partial charge in [0, 0.05) is 19.3 Å². The number of hydrogen-bond donors (Lipinski definition) is 2. The molecular weight excluding hydrogens is 164 g/mol. The number of likely N-dealkylation sites (tertiary alicyclic amines) is 1. The number of hydrogen-bond acceptors (Lipinski definition) is 4. The molecule has 70 valence electrons. The lowest BCUT2D eigenvalue weighted by Crippen LogP contribution is -2.52. The van der Waals surface area contributed by atoms with Crippen LogP contribution in [0.3, 0.4) is 0 Å². The molecule has 0 spiro atoms. The van der Waals surface area contributed by atoms with Crippen LogP contribution < -0.4 is 11.1 Å². The van der Waals surface area contributed by atoms with E-state index >= 15 is 0 Å². The van der Waals surface area contributed by atoms with Gasteiger partial charge in [0.25, 0.3) is 0 Å². The first-order chi connectivity index (χ1) is 6.25. The van der Waals surface area contributed by atoms with Gasteiger partial charge in [-0.25, -0.2) is 4.98 Å². The second-order valence-corrected chi connectivity index (χ2v) is 3.50. The van der Waals surface area contributed by atoms with Crippen LogP contribution in [-0.4, -0.2) is 36.1 Å². The lowest BCUT2D eigenvalue weighted by molar-refractivity contribution is 0.205. The lowest BCUT2D eigenvalue weighted by atomic mass is 10.1. The van der Waals surface area contributed by atoms with Crippen LogP contribution in [0.2, 0.25) is 0 Å². The molecule has 0 atom stereocenters. The highest BCUT2D eigenvalue weighted by Gasteiger charge is 2.23. The molecule has 0 aromatic carbocycles. The predicted octanol–water partition coefficient (Wildman–Crippen LogP) is 0.390. The Kier molecular flexibility index (Phi) is 2.06. The van der Waals surface area contributed by atoms with E-state index in [0.717, 1.165) is 24.6 Å². The molecule has 2 heterocycles. The van der Waals surface area contributed by atoms with Crippen LogP contribution in [0.1, 0.15) is 0 Å². The zero-order chi connectivity index (χ0) is 9.26. The highest BCUT2D eigenvalue weighted by molar-refractivity contribution is 5.60. The zero-order valence-corrected chi connectivity index (χ0v) is 7.70. The Labute approximate surface area is 77.8 Å². The standard InChI is InChI=1S/C9H14N4/c1-13-5-7(6-13)12-9-8(10)3-2-4-11-9/h2-4,7H,5-6,10H2,1H3,(H,11,12). The summed E-state index contributed by atoms with van der Waals surface area (Å²) in [5.41, 5.74) is 6.46. The summed E-state index contributed by atoms with van der Waals surface area (Å²) in [5, 5.41) is 3.30. The topological polar surface area (TPSA) is 54.2 Å². The zero-order valence-electron chi connectivity index (χ0n) is 7.70. The van der Waals surface area contributed by atoms with Crippen molar-refractivity contribution in [2.75, 3.05) is 31.2 Å². The molecular formula is C9H14N4. The number of nitrogen functional groups attached to an aromatic ring is 1. The van der Waals surface area contributed by atoms with Crippen molar-refractivity contribution in [3.8, 4) is 0 Å². The third-order valence-corrected chi connectivity index (χ3v) is 2.24. The highest BCUT2D eigenvalue weighted by Crippen LogP contribution is 2.17. The minimum atomic E-state index is 0.502. The summed E-state index contributed by atoms with van der Waals surface area (Å²) in [4.78, 5) is 6.42. The largest absolute Gasteiger partial charge is 0.396 e. The SMILES string of the molecule is CN1CC(Nc2ncccc2N)C1. The fourth-order valence-corrected chi connectivity index (χ4v) is 1.52. The lowest BCUT2D eigenvalue weighted by Gasteiger charge is -2.37. The van der Waals surface area contributed by atoms with Gasteiger partial charge >= 0.3 is 0 Å². The van der Waals surface area contributed by atoms with Crippen molar-refractivity contribution < 1.29 is 0 Å². The van der Waals surface area contributed by atoms with Crippen LogP contribution in [0.4, 0.5) is 11.5 Å². The van der Waals surface area contributed by atoms with Crippen molar-refractivity contribution in [2.24, 2.45) is 0 Å². The van der Waals surface area contributed by atoms with Gasteiger partial charge in [-0.15, -0.1) is 0 Å². The molecule has 1 aromatic heterocycles. The van der Waals surface area contributed by atoms with Gasteiger partial charge in [0.2, 0.25) is 0 Å². The molecule has 2 rings (SSSR count). The number of likely N-dealkylation sites (N-methyl/N-ethyl adjacent to an activating group) is 1. The summed E-state index contributed by atoms with van der Waals surface area (Å²) in [6.07, 6.45) is 1.75. The highest BCUT2D eigenvalue weighted by atomic mass is 15.2. The summed E-state index contributed by atoms with van der Waals surface area (Å²) in [6, 6.07) is 4.20. The van der Waals surface area contributed by atoms with Crippen LogP contribution in [0.5, 0.6) is 0 Å². The molecule has 0 unspecified atom stereocenters. The molecule has 1 saturated heterocycles. The van der Waals surface area contributed by atoms with Crippen molar-refractivity contribution in [1.29, 1.82) is 0 Å². The van der Waals surface area contributed by atoms with Gasteiger partial charge in [0.05, 0.1) is 11.7 Å². The minimum absolute atomic E-state index is 0.502. The monoisotopic (exact) mass is 178 g/mol. The van der Waals surface area contributed by atoms with E-state index in [1.54, 1.807) is 6.20 Å². The van der Waals surface area contributed by atoms with E-state index in [1.807, 2.05) is 12.1 Å². The maximum atomic E-state index is 5.74. The molecule has 4 heteroatoms. The molecule has 0 amide bonds. The first-order valence-corrected chi connectivity index (χ1v) is 4.41. The van der Waals surface area contributed by atoms with E-state index < -0.39 is 0 Å². The van der Waals surface area contributed by atoms with Crippen molar-refractivity contribution in [2.45, 2.75) is 6.04 Å². The van der Waals surface area contributed by atoms with Gasteiger partial charge in [-0.3, -0.25) is 0 Å². The van der Waals surface area contributed by atoms with Crippen LogP contribution in [0.15, 0.2) is 18.3 Å². The van der Waals surface area contributed by atoms with Gasteiger partial charge in [-0.05, 0) is 19.2 Å². The Hall–Kier alpha value is -1.29. The fourth-order valence-electron chi connectivity index (χ4n) is 1.52. The molecule has 3 N–H and O–H groups in total. The van der Waals surface area contributed by atoms with E-state index in [0.29, 0.717) is 6.04 Å². The summed E-state index contributed by atoms with van der Waals surface area (Å²) in [5.74, 6) is 0.806. The number of nitrogens with two attached hydrogens (primary N) is 1. The Morgan fingerprint density at radius 1 is 1.62 bits per heavy atom. The van der Waals surface area contributed by atoms with Gasteiger partial charge in [0.15, 0.2) is 0 Å². The van der Waals surface area contributed by atoms with E-state index in [2.05, 4.69) is 22.2 Å². The smallest absolute Gasteiger partial charge is 0.149 e. The number of pyridine rings is 1. The number of aromatic nitrogens is 1. The van der Waals surface area contributed by atoms with E-state index in [1.165, 1.54) is 0 Å². The number of nitrogens with zero attached hydrogens (tertiary/aromatic N) is 2. The third-order valence-electron chi connectivity index (χ3n) is 2.24. The summed E-state index contributed by atoms with van der Waals surface area (Å²) < 4.78 is 0. The quantitative estimate of drug-likeness (QED) is 0.688. The molecule has 0 aliphatic carbocycles. The predicted molar refractivity (Wildman–Crippen MR) is 53.6 cm³/mol. The Balaban J connectivity index is 1.98. The Morgan fingerprint density at radius 2 is 2.38 bits per heavy atom. The average molecular weight is 178 g/mol. The van der Waals surface area contributed by atoms with E-state index in [4.69, 9.17) is 5.73 Å². The summed E-state index contributed by atoms with van der Waals surface area (Å²) in [6.45, 7) is 2.13. The van der Waals surface area contributed by atoms with Crippen molar-refractivity contribution in [1.82, 2.24) is 9.88 Å². The molecule has 13 heavy (non-hydrogen) atoms. The van der Waals surface area contributed by atoms with Crippen LogP contribution >= 0.6 is 0 Å². The molecule has 1 fully saturated rings. The van der Waals surface area contributed by atoms with E-state index in [9.17, 15) is 0 Å². The van der Waals surface area contributed by atoms with Gasteiger partial charge in [-0.2, -0.15) is 0 Å². The van der Waals surface area contributed by atoms with Crippen molar-refractivity contribution in [3.05, 3.63) is 18.3 Å². The molecule has 0 saturated carbocycles. The fraction of sp³-hybridized carbons (Fsp3) is 0.444. The first-order valence-electron chi connectivity index (χ1n) is 4.41. The molecule has 0 radical (unpaired) electrons. The Morgan fingerprint density at radius 3 is 3.00 bits per heavy atom. The van der Waals surface area contributed by atoms with Crippen molar-refractivity contribution in [3.63, 3.8) is 0 Å². The van der Waals surface area contributed by atoms with Crippen LogP contribution in [-0.2, 0) is 0 Å². The van der Waals surface area contributed by atoms with Gasteiger partial charge in [0.1, 0.15) is 5.82 Å². The van der Waals surface area contributed by atoms with Gasteiger partial charge < -0.3 is 16.0 Å².